The van der Waals surface area contributed by atoms with Crippen LogP contribution in [0, 0.1) is 5.92 Å². The van der Waals surface area contributed by atoms with E-state index >= 15 is 0 Å². The molecule has 1 heterocycles. The number of unbranched alkanes of at least 4 members (excludes halogenated alkanes) is 1. The lowest BCUT2D eigenvalue weighted by Gasteiger charge is -2.38. The Hall–Kier alpha value is -0.0800. The van der Waals surface area contributed by atoms with Gasteiger partial charge in [-0.15, -0.1) is 0 Å². The highest BCUT2D eigenvalue weighted by atomic mass is 15.0. The fourth-order valence-corrected chi connectivity index (χ4v) is 3.88. The molecule has 2 N–H and O–H groups in total. The first-order valence-corrected chi connectivity index (χ1v) is 8.30. The molecular formula is C16H32N2. The van der Waals surface area contributed by atoms with E-state index < -0.39 is 0 Å². The monoisotopic (exact) mass is 252 g/mol. The predicted octanol–water partition coefficient (Wildman–Crippen LogP) is 3.47. The third-order valence-electron chi connectivity index (χ3n) is 4.92. The zero-order chi connectivity index (χ0) is 12.8. The van der Waals surface area contributed by atoms with Crippen molar-refractivity contribution in [2.75, 3.05) is 6.54 Å². The van der Waals surface area contributed by atoms with Gasteiger partial charge >= 0.3 is 0 Å². The molecule has 4 atom stereocenters. The van der Waals surface area contributed by atoms with Crippen LogP contribution in [0.5, 0.6) is 0 Å². The summed E-state index contributed by atoms with van der Waals surface area (Å²) in [5, 5.41) is 7.67. The Morgan fingerprint density at radius 1 is 1.17 bits per heavy atom. The highest BCUT2D eigenvalue weighted by Crippen LogP contribution is 2.31. The molecule has 0 radical (unpaired) electrons. The molecule has 0 aromatic heterocycles. The van der Waals surface area contributed by atoms with Crippen LogP contribution in [0.2, 0.25) is 0 Å². The van der Waals surface area contributed by atoms with Crippen molar-refractivity contribution >= 4 is 0 Å². The summed E-state index contributed by atoms with van der Waals surface area (Å²) in [5.74, 6) is 0.894. The Morgan fingerprint density at radius 3 is 2.72 bits per heavy atom. The van der Waals surface area contributed by atoms with Crippen molar-refractivity contribution in [3.8, 4) is 0 Å². The van der Waals surface area contributed by atoms with E-state index in [-0.39, 0.29) is 0 Å². The third kappa shape index (κ3) is 3.96. The predicted molar refractivity (Wildman–Crippen MR) is 78.9 cm³/mol. The lowest BCUT2D eigenvalue weighted by Crippen LogP contribution is -2.49. The van der Waals surface area contributed by atoms with E-state index in [0.29, 0.717) is 6.04 Å². The Morgan fingerprint density at radius 2 is 2.00 bits per heavy atom. The van der Waals surface area contributed by atoms with Crippen LogP contribution >= 0.6 is 0 Å². The molecule has 0 aromatic carbocycles. The minimum absolute atomic E-state index is 0.706. The van der Waals surface area contributed by atoms with Gasteiger partial charge in [-0.2, -0.15) is 0 Å². The Balaban J connectivity index is 1.82. The van der Waals surface area contributed by atoms with Crippen molar-refractivity contribution in [1.29, 1.82) is 0 Å². The van der Waals surface area contributed by atoms with E-state index in [4.69, 9.17) is 0 Å². The first-order valence-electron chi connectivity index (χ1n) is 8.30. The number of rotatable bonds is 6. The van der Waals surface area contributed by atoms with Crippen molar-refractivity contribution in [1.82, 2.24) is 10.6 Å². The van der Waals surface area contributed by atoms with Crippen LogP contribution in [0.1, 0.15) is 71.6 Å². The summed E-state index contributed by atoms with van der Waals surface area (Å²) < 4.78 is 0. The maximum Gasteiger partial charge on any atom is 0.0113 e. The Kier molecular flexibility index (Phi) is 5.97. The molecule has 1 saturated heterocycles. The van der Waals surface area contributed by atoms with Crippen molar-refractivity contribution in [2.24, 2.45) is 5.92 Å². The quantitative estimate of drug-likeness (QED) is 0.756. The number of nitrogens with one attached hydrogen (secondary N) is 2. The van der Waals surface area contributed by atoms with Gasteiger partial charge in [-0.1, -0.05) is 32.6 Å². The minimum Gasteiger partial charge on any atom is -0.314 e. The fraction of sp³-hybridized carbons (Fsp3) is 1.00. The molecule has 2 rings (SSSR count). The highest BCUT2D eigenvalue weighted by Gasteiger charge is 2.33. The van der Waals surface area contributed by atoms with Crippen LogP contribution < -0.4 is 10.6 Å². The fourth-order valence-electron chi connectivity index (χ4n) is 3.88. The normalized spacial score (nSPS) is 34.7. The summed E-state index contributed by atoms with van der Waals surface area (Å²) in [6.45, 7) is 5.92. The van der Waals surface area contributed by atoms with E-state index in [9.17, 15) is 0 Å². The second-order valence-corrected chi connectivity index (χ2v) is 6.47. The summed E-state index contributed by atoms with van der Waals surface area (Å²) in [6.07, 6.45) is 12.6. The zero-order valence-electron chi connectivity index (χ0n) is 12.4. The van der Waals surface area contributed by atoms with Crippen LogP contribution in [0.4, 0.5) is 0 Å². The lowest BCUT2D eigenvalue weighted by molar-refractivity contribution is 0.200. The number of hydrogen-bond acceptors (Lipinski definition) is 2. The average Bonchev–Trinajstić information content (AvgIpc) is 2.91. The van der Waals surface area contributed by atoms with Gasteiger partial charge in [-0.25, -0.2) is 0 Å². The molecule has 0 aromatic rings. The molecule has 2 heteroatoms. The molecule has 1 saturated carbocycles. The first kappa shape index (κ1) is 14.3. The maximum atomic E-state index is 3.94. The largest absolute Gasteiger partial charge is 0.314 e. The van der Waals surface area contributed by atoms with Crippen molar-refractivity contribution < 1.29 is 0 Å². The van der Waals surface area contributed by atoms with Gasteiger partial charge in [-0.3, -0.25) is 0 Å². The average molecular weight is 252 g/mol. The molecule has 4 unspecified atom stereocenters. The minimum atomic E-state index is 0.706. The van der Waals surface area contributed by atoms with Crippen LogP contribution in [0.25, 0.3) is 0 Å². The van der Waals surface area contributed by atoms with Crippen molar-refractivity contribution in [3.63, 3.8) is 0 Å². The Bertz CT molecular complexity index is 223. The second-order valence-electron chi connectivity index (χ2n) is 6.47. The molecule has 1 aliphatic carbocycles. The highest BCUT2D eigenvalue weighted by molar-refractivity contribution is 4.92. The molecule has 2 fully saturated rings. The SMILES string of the molecule is CCCCC(C)NC1CCCCC1C1CCCN1. The summed E-state index contributed by atoms with van der Waals surface area (Å²) in [6, 6.07) is 2.29. The van der Waals surface area contributed by atoms with Gasteiger partial charge in [0.25, 0.3) is 0 Å². The second kappa shape index (κ2) is 7.49. The third-order valence-corrected chi connectivity index (χ3v) is 4.92. The van der Waals surface area contributed by atoms with Crippen LogP contribution in [0.3, 0.4) is 0 Å². The van der Waals surface area contributed by atoms with Crippen molar-refractivity contribution in [2.45, 2.75) is 89.8 Å². The molecule has 1 aliphatic heterocycles. The van der Waals surface area contributed by atoms with E-state index in [2.05, 4.69) is 24.5 Å². The lowest BCUT2D eigenvalue weighted by atomic mass is 9.79. The molecule has 106 valence electrons. The summed E-state index contributed by atoms with van der Waals surface area (Å²) in [7, 11) is 0. The van der Waals surface area contributed by atoms with Gasteiger partial charge in [0, 0.05) is 18.1 Å². The van der Waals surface area contributed by atoms with E-state index in [1.807, 2.05) is 0 Å². The molecule has 0 spiro atoms. The van der Waals surface area contributed by atoms with Gasteiger partial charge in [0.05, 0.1) is 0 Å². The molecule has 0 amide bonds. The molecule has 2 aliphatic rings. The summed E-state index contributed by atoms with van der Waals surface area (Å²) in [5.41, 5.74) is 0. The van der Waals surface area contributed by atoms with Gasteiger partial charge < -0.3 is 10.6 Å². The zero-order valence-corrected chi connectivity index (χ0v) is 12.4. The first-order chi connectivity index (χ1) is 8.81. The standard InChI is InChI=1S/C16H32N2/c1-3-4-8-13(2)18-16-10-6-5-9-14(16)15-11-7-12-17-15/h13-18H,3-12H2,1-2H3. The topological polar surface area (TPSA) is 24.1 Å². The van der Waals surface area contributed by atoms with Crippen LogP contribution in [-0.2, 0) is 0 Å². The smallest absolute Gasteiger partial charge is 0.0113 e. The van der Waals surface area contributed by atoms with E-state index in [1.165, 1.54) is 64.3 Å². The molecular weight excluding hydrogens is 220 g/mol. The van der Waals surface area contributed by atoms with Crippen LogP contribution in [-0.4, -0.2) is 24.7 Å². The van der Waals surface area contributed by atoms with Crippen LogP contribution in [0.15, 0.2) is 0 Å². The summed E-state index contributed by atoms with van der Waals surface area (Å²) >= 11 is 0. The molecule has 2 nitrogen and oxygen atoms in total. The summed E-state index contributed by atoms with van der Waals surface area (Å²) in [4.78, 5) is 0. The van der Waals surface area contributed by atoms with E-state index in [1.54, 1.807) is 0 Å². The molecule has 0 bridgehead atoms. The van der Waals surface area contributed by atoms with E-state index in [0.717, 1.165) is 18.0 Å². The van der Waals surface area contributed by atoms with Gasteiger partial charge in [-0.05, 0) is 51.5 Å². The Labute approximate surface area is 113 Å². The van der Waals surface area contributed by atoms with Gasteiger partial charge in [0.1, 0.15) is 0 Å². The van der Waals surface area contributed by atoms with Crippen molar-refractivity contribution in [3.05, 3.63) is 0 Å². The molecule has 18 heavy (non-hydrogen) atoms. The van der Waals surface area contributed by atoms with Gasteiger partial charge in [0.2, 0.25) is 0 Å². The van der Waals surface area contributed by atoms with Gasteiger partial charge in [0.15, 0.2) is 0 Å². The maximum absolute atomic E-state index is 3.94. The number of hydrogen-bond donors (Lipinski definition) is 2.